The molecule has 0 saturated carbocycles. The molecule has 3 heterocycles. The number of nitriles is 1. The maximum absolute atomic E-state index is 14.5. The van der Waals surface area contributed by atoms with Gasteiger partial charge in [-0.05, 0) is 44.0 Å². The van der Waals surface area contributed by atoms with Gasteiger partial charge >= 0.3 is 0 Å². The third-order valence-corrected chi connectivity index (χ3v) is 6.70. The van der Waals surface area contributed by atoms with Crippen molar-refractivity contribution in [1.82, 2.24) is 19.9 Å². The number of hydrogen-bond donors (Lipinski definition) is 0. The van der Waals surface area contributed by atoms with E-state index in [0.717, 1.165) is 41.2 Å². The van der Waals surface area contributed by atoms with E-state index in [2.05, 4.69) is 32.8 Å². The van der Waals surface area contributed by atoms with Gasteiger partial charge in [0.05, 0.1) is 17.3 Å². The van der Waals surface area contributed by atoms with Crippen molar-refractivity contribution in [2.75, 3.05) is 31.1 Å². The second-order valence-electron chi connectivity index (χ2n) is 10.8. The second-order valence-corrected chi connectivity index (χ2v) is 10.8. The summed E-state index contributed by atoms with van der Waals surface area (Å²) in [6.07, 6.45) is 7.17. The number of nitrogens with zero attached hydrogens (tertiary/aromatic N) is 6. The number of benzene rings is 1. The normalized spacial score (nSPS) is 13.3. The lowest BCUT2D eigenvalue weighted by Gasteiger charge is -2.39. The molecular weight excluding hydrogens is 527 g/mol. The lowest BCUT2D eigenvalue weighted by Crippen LogP contribution is -2.52. The van der Waals surface area contributed by atoms with Crippen LogP contribution in [0.4, 0.5) is 10.2 Å². The molecule has 42 heavy (non-hydrogen) atoms. The van der Waals surface area contributed by atoms with Crippen molar-refractivity contribution < 1.29 is 9.18 Å². The van der Waals surface area contributed by atoms with Crippen molar-refractivity contribution in [2.45, 2.75) is 68.2 Å². The van der Waals surface area contributed by atoms with E-state index in [4.69, 9.17) is 5.26 Å². The topological polar surface area (TPSA) is 86.0 Å². The molecule has 0 unspecified atom stereocenters. The molecule has 0 spiro atoms. The van der Waals surface area contributed by atoms with Crippen LogP contribution in [0, 0.1) is 29.5 Å². The van der Waals surface area contributed by atoms with Gasteiger partial charge in [-0.1, -0.05) is 72.2 Å². The fourth-order valence-electron chi connectivity index (χ4n) is 4.67. The first-order chi connectivity index (χ1) is 20.1. The monoisotopic (exact) mass is 572 g/mol. The van der Waals surface area contributed by atoms with Crippen molar-refractivity contribution in [3.8, 4) is 6.07 Å². The van der Waals surface area contributed by atoms with E-state index in [1.807, 2.05) is 71.6 Å². The molecule has 1 fully saturated rings. The molecule has 0 radical (unpaired) electrons. The Morgan fingerprint density at radius 3 is 2.31 bits per heavy atom. The third kappa shape index (κ3) is 8.94. The van der Waals surface area contributed by atoms with Crippen molar-refractivity contribution >= 4 is 17.3 Å². The smallest absolute Gasteiger partial charge is 0.228 e. The molecule has 0 atom stereocenters. The summed E-state index contributed by atoms with van der Waals surface area (Å²) in [7, 11) is 0. The molecule has 1 aliphatic heterocycles. The van der Waals surface area contributed by atoms with Crippen LogP contribution < -0.4 is 4.90 Å². The molecule has 4 rings (SSSR count). The SMILES string of the molecule is C/C=C(/c1ccccc1F)c1c(C)ncnc1N1CCN(C(=O)C(C)(C)C)CC1.CC.CCCc1cc(C#N)ccn1. The van der Waals surface area contributed by atoms with Crippen LogP contribution in [0.1, 0.15) is 83.0 Å². The van der Waals surface area contributed by atoms with Gasteiger partial charge in [0.1, 0.15) is 18.0 Å². The molecule has 1 aromatic carbocycles. The molecule has 2 aromatic heterocycles. The molecule has 1 aliphatic rings. The Kier molecular flexibility index (Phi) is 13.3. The van der Waals surface area contributed by atoms with E-state index in [1.54, 1.807) is 30.7 Å². The Morgan fingerprint density at radius 2 is 1.74 bits per heavy atom. The number of anilines is 1. The predicted octanol–water partition coefficient (Wildman–Crippen LogP) is 7.00. The molecule has 1 amide bonds. The Morgan fingerprint density at radius 1 is 1.07 bits per heavy atom. The molecule has 1 saturated heterocycles. The first-order valence-corrected chi connectivity index (χ1v) is 14.7. The fraction of sp³-hybridized carbons (Fsp3) is 0.441. The first-order valence-electron chi connectivity index (χ1n) is 14.7. The van der Waals surface area contributed by atoms with Crippen LogP contribution in [0.3, 0.4) is 0 Å². The summed E-state index contributed by atoms with van der Waals surface area (Å²) in [6.45, 7) is 18.4. The van der Waals surface area contributed by atoms with Gasteiger partial charge in [0.15, 0.2) is 0 Å². The zero-order valence-corrected chi connectivity index (χ0v) is 26.4. The predicted molar refractivity (Wildman–Crippen MR) is 168 cm³/mol. The number of aromatic nitrogens is 3. The molecule has 7 nitrogen and oxygen atoms in total. The highest BCUT2D eigenvalue weighted by atomic mass is 19.1. The van der Waals surface area contributed by atoms with Crippen molar-refractivity contribution in [3.63, 3.8) is 0 Å². The number of piperazine rings is 1. The van der Waals surface area contributed by atoms with Crippen LogP contribution in [0.5, 0.6) is 0 Å². The van der Waals surface area contributed by atoms with Crippen LogP contribution in [0.25, 0.3) is 5.57 Å². The van der Waals surface area contributed by atoms with Gasteiger partial charge in [-0.15, -0.1) is 0 Å². The molecule has 8 heteroatoms. The lowest BCUT2D eigenvalue weighted by atomic mass is 9.94. The van der Waals surface area contributed by atoms with Crippen LogP contribution in [-0.2, 0) is 11.2 Å². The van der Waals surface area contributed by atoms with E-state index in [9.17, 15) is 9.18 Å². The third-order valence-electron chi connectivity index (χ3n) is 6.70. The van der Waals surface area contributed by atoms with Crippen LogP contribution >= 0.6 is 0 Å². The van der Waals surface area contributed by atoms with Crippen LogP contribution in [0.2, 0.25) is 0 Å². The summed E-state index contributed by atoms with van der Waals surface area (Å²) in [5.74, 6) is 0.684. The Labute approximate surface area is 251 Å². The molecule has 224 valence electrons. The zero-order valence-electron chi connectivity index (χ0n) is 26.4. The summed E-state index contributed by atoms with van der Waals surface area (Å²) in [5.41, 5.74) is 4.28. The maximum atomic E-state index is 14.5. The second kappa shape index (κ2) is 16.4. The molecular formula is C34H45FN6O. The summed E-state index contributed by atoms with van der Waals surface area (Å²) in [4.78, 5) is 29.7. The average molecular weight is 573 g/mol. The number of hydrogen-bond acceptors (Lipinski definition) is 6. The van der Waals surface area contributed by atoms with Gasteiger partial charge in [0.25, 0.3) is 0 Å². The Hall–Kier alpha value is -4.12. The summed E-state index contributed by atoms with van der Waals surface area (Å²) in [6, 6.07) is 12.4. The van der Waals surface area contributed by atoms with Gasteiger partial charge in [0.2, 0.25) is 5.91 Å². The number of amides is 1. The van der Waals surface area contributed by atoms with E-state index >= 15 is 0 Å². The fourth-order valence-corrected chi connectivity index (χ4v) is 4.67. The highest BCUT2D eigenvalue weighted by Gasteiger charge is 2.31. The highest BCUT2D eigenvalue weighted by molar-refractivity contribution is 5.86. The molecule has 0 N–H and O–H groups in total. The van der Waals surface area contributed by atoms with Gasteiger partial charge < -0.3 is 9.80 Å². The number of pyridine rings is 1. The van der Waals surface area contributed by atoms with Gasteiger partial charge in [-0.2, -0.15) is 5.26 Å². The first kappa shape index (κ1) is 34.1. The summed E-state index contributed by atoms with van der Waals surface area (Å²) >= 11 is 0. The van der Waals surface area contributed by atoms with E-state index in [0.29, 0.717) is 37.3 Å². The minimum Gasteiger partial charge on any atom is -0.352 e. The van der Waals surface area contributed by atoms with Crippen molar-refractivity contribution in [3.05, 3.63) is 88.9 Å². The van der Waals surface area contributed by atoms with Crippen LogP contribution in [0.15, 0.2) is 55.0 Å². The Balaban J connectivity index is 0.000000396. The number of halogens is 1. The van der Waals surface area contributed by atoms with Crippen LogP contribution in [-0.4, -0.2) is 51.9 Å². The summed E-state index contributed by atoms with van der Waals surface area (Å²) < 4.78 is 14.5. The Bertz CT molecular complexity index is 1380. The standard InChI is InChI=1S/C23H29FN4O.C9H10N2.C2H6/c1-6-17(18-9-7-8-10-19(18)24)20-16(2)25-15-26-21(20)27-11-13-28(14-12-27)22(29)23(3,4)5;1-2-3-9-6-8(7-10)4-5-11-9;1-2/h6-10,15H,11-14H2,1-5H3;4-6H,2-3H2,1H3;1-2H3/b17-6-;;. The number of aryl methyl sites for hydroxylation is 2. The maximum Gasteiger partial charge on any atom is 0.228 e. The van der Waals surface area contributed by atoms with E-state index < -0.39 is 0 Å². The number of allylic oxidation sites excluding steroid dienone is 1. The average Bonchev–Trinajstić information content (AvgIpc) is 3.00. The zero-order chi connectivity index (χ0) is 31.3. The lowest BCUT2D eigenvalue weighted by molar-refractivity contribution is -0.139. The van der Waals surface area contributed by atoms with Gasteiger partial charge in [-0.25, -0.2) is 14.4 Å². The molecule has 0 aliphatic carbocycles. The number of rotatable bonds is 5. The van der Waals surface area contributed by atoms with Crippen molar-refractivity contribution in [1.29, 1.82) is 5.26 Å². The highest BCUT2D eigenvalue weighted by Crippen LogP contribution is 2.34. The molecule has 3 aromatic rings. The van der Waals surface area contributed by atoms with E-state index in [-0.39, 0.29) is 17.1 Å². The summed E-state index contributed by atoms with van der Waals surface area (Å²) in [5, 5.41) is 8.55. The molecule has 0 bridgehead atoms. The van der Waals surface area contributed by atoms with E-state index in [1.165, 1.54) is 6.07 Å². The largest absolute Gasteiger partial charge is 0.352 e. The van der Waals surface area contributed by atoms with Gasteiger partial charge in [-0.3, -0.25) is 9.78 Å². The minimum atomic E-state index is -0.387. The number of carbonyl (C=O) groups excluding carboxylic acids is 1. The number of carbonyl (C=O) groups is 1. The van der Waals surface area contributed by atoms with Gasteiger partial charge in [0, 0.05) is 54.6 Å². The quantitative estimate of drug-likeness (QED) is 0.327. The minimum absolute atomic E-state index is 0.164. The van der Waals surface area contributed by atoms with Crippen molar-refractivity contribution in [2.24, 2.45) is 5.41 Å².